The maximum atomic E-state index is 13.3. The van der Waals surface area contributed by atoms with Gasteiger partial charge in [-0.3, -0.25) is 9.59 Å². The Hall–Kier alpha value is -2.48. The molecule has 1 aliphatic carbocycles. The molecular weight excluding hydrogens is 336 g/mol. The molecule has 2 aromatic rings. The second kappa shape index (κ2) is 5.77. The van der Waals surface area contributed by atoms with Gasteiger partial charge in [-0.05, 0) is 19.8 Å². The number of aryl methyl sites for hydroxylation is 2. The largest absolute Gasteiger partial charge is 0.465 e. The fourth-order valence-corrected chi connectivity index (χ4v) is 4.39. The first-order valence-electron chi connectivity index (χ1n) is 9.09. The van der Waals surface area contributed by atoms with E-state index >= 15 is 0 Å². The van der Waals surface area contributed by atoms with Crippen LogP contribution in [0, 0.1) is 6.92 Å². The number of nitrogens with zero attached hydrogens (tertiary/aromatic N) is 4. The zero-order valence-electron chi connectivity index (χ0n) is 14.6. The highest BCUT2D eigenvalue weighted by atomic mass is 16.5. The summed E-state index contributed by atoms with van der Waals surface area (Å²) >= 11 is 0. The van der Waals surface area contributed by atoms with Crippen molar-refractivity contribution in [1.82, 2.24) is 19.9 Å². The minimum Gasteiger partial charge on any atom is -0.465 e. The van der Waals surface area contributed by atoms with E-state index < -0.39 is 0 Å². The number of rotatable bonds is 1. The third kappa shape index (κ3) is 2.25. The number of likely N-dealkylation sites (tertiary alicyclic amines) is 1. The number of amides is 1. The number of hydrogen-bond donors (Lipinski definition) is 0. The van der Waals surface area contributed by atoms with Crippen LogP contribution in [0.4, 0.5) is 0 Å². The molecule has 3 aliphatic rings. The highest BCUT2D eigenvalue weighted by Gasteiger charge is 2.40. The Morgan fingerprint density at radius 3 is 3.12 bits per heavy atom. The predicted octanol–water partition coefficient (Wildman–Crippen LogP) is 1.68. The normalized spacial score (nSPS) is 24.8. The average Bonchev–Trinajstić information content (AvgIpc) is 3.25. The van der Waals surface area contributed by atoms with E-state index in [1.54, 1.807) is 18.0 Å². The Balaban J connectivity index is 1.46. The number of fused-ring (bicyclic) bond motifs is 4. The van der Waals surface area contributed by atoms with Crippen molar-refractivity contribution in [2.24, 2.45) is 0 Å². The number of hydrogen-bond acceptors (Lipinski definition) is 6. The fraction of sp³-hybridized carbons (Fsp3) is 0.556. The Bertz CT molecular complexity index is 899. The fourth-order valence-electron chi connectivity index (χ4n) is 4.39. The van der Waals surface area contributed by atoms with Crippen molar-refractivity contribution in [2.45, 2.75) is 51.4 Å². The van der Waals surface area contributed by atoms with Gasteiger partial charge in [-0.15, -0.1) is 5.10 Å². The molecule has 0 radical (unpaired) electrons. The molecule has 1 fully saturated rings. The molecule has 26 heavy (non-hydrogen) atoms. The van der Waals surface area contributed by atoms with Gasteiger partial charge in [0.05, 0.1) is 41.8 Å². The van der Waals surface area contributed by atoms with Gasteiger partial charge in [0.15, 0.2) is 5.78 Å². The molecule has 0 bridgehead atoms. The maximum absolute atomic E-state index is 13.3. The van der Waals surface area contributed by atoms with Crippen LogP contribution in [0.15, 0.2) is 10.6 Å². The number of aromatic nitrogens is 3. The van der Waals surface area contributed by atoms with E-state index in [0.29, 0.717) is 48.8 Å². The summed E-state index contributed by atoms with van der Waals surface area (Å²) in [6.07, 6.45) is 4.46. The van der Waals surface area contributed by atoms with Gasteiger partial charge in [-0.1, -0.05) is 5.21 Å². The van der Waals surface area contributed by atoms with Gasteiger partial charge in [0.2, 0.25) is 0 Å². The summed E-state index contributed by atoms with van der Waals surface area (Å²) in [5.41, 5.74) is 1.87. The number of Topliss-reactive ketones (excluding diaryl/α,β-unsaturated/α-hetero) is 1. The molecule has 1 saturated heterocycles. The Morgan fingerprint density at radius 2 is 2.23 bits per heavy atom. The van der Waals surface area contributed by atoms with Crippen LogP contribution < -0.4 is 0 Å². The van der Waals surface area contributed by atoms with Crippen LogP contribution in [-0.4, -0.2) is 50.8 Å². The average molecular weight is 356 g/mol. The summed E-state index contributed by atoms with van der Waals surface area (Å²) in [6.45, 7) is 3.36. The third-order valence-electron chi connectivity index (χ3n) is 5.67. The highest BCUT2D eigenvalue weighted by Crippen LogP contribution is 2.34. The standard InChI is InChI=1S/C18H20N4O4/c1-10-16(17-13(23)3-2-4-15(17)26-10)18(24)21-6-5-14-12(8-21)22-11(9-25-14)7-19-20-22/h7,12,14H,2-6,8-9H2,1H3/t12-,14-/m1/s1. The van der Waals surface area contributed by atoms with Crippen LogP contribution in [0.5, 0.6) is 0 Å². The number of ether oxygens (including phenoxy) is 1. The van der Waals surface area contributed by atoms with Gasteiger partial charge in [0, 0.05) is 25.9 Å². The van der Waals surface area contributed by atoms with Crippen LogP contribution in [0.2, 0.25) is 0 Å². The van der Waals surface area contributed by atoms with E-state index in [1.807, 2.05) is 4.68 Å². The molecule has 0 aromatic carbocycles. The maximum Gasteiger partial charge on any atom is 0.258 e. The minimum atomic E-state index is -0.131. The molecule has 0 N–H and O–H groups in total. The number of carbonyl (C=O) groups is 2. The Morgan fingerprint density at radius 1 is 1.35 bits per heavy atom. The summed E-state index contributed by atoms with van der Waals surface area (Å²) in [6, 6.07) is -0.0438. The van der Waals surface area contributed by atoms with Gasteiger partial charge in [0.25, 0.3) is 5.91 Å². The second-order valence-electron chi connectivity index (χ2n) is 7.23. The topological polar surface area (TPSA) is 90.5 Å². The van der Waals surface area contributed by atoms with Crippen molar-refractivity contribution in [2.75, 3.05) is 13.1 Å². The summed E-state index contributed by atoms with van der Waals surface area (Å²) in [5, 5.41) is 8.14. The van der Waals surface area contributed by atoms with Crippen molar-refractivity contribution >= 4 is 11.7 Å². The van der Waals surface area contributed by atoms with Crippen molar-refractivity contribution in [3.8, 4) is 0 Å². The lowest BCUT2D eigenvalue weighted by Gasteiger charge is -2.41. The lowest BCUT2D eigenvalue weighted by molar-refractivity contribution is -0.0605. The van der Waals surface area contributed by atoms with Crippen LogP contribution in [0.3, 0.4) is 0 Å². The van der Waals surface area contributed by atoms with Crippen LogP contribution in [0.25, 0.3) is 0 Å². The molecular formula is C18H20N4O4. The molecule has 0 spiro atoms. The first-order valence-corrected chi connectivity index (χ1v) is 9.09. The van der Waals surface area contributed by atoms with Gasteiger partial charge in [-0.25, -0.2) is 4.68 Å². The Labute approximate surface area is 150 Å². The van der Waals surface area contributed by atoms with Gasteiger partial charge >= 0.3 is 0 Å². The molecule has 0 unspecified atom stereocenters. The zero-order chi connectivity index (χ0) is 17.8. The van der Waals surface area contributed by atoms with E-state index in [-0.39, 0.29) is 23.8 Å². The number of furan rings is 1. The summed E-state index contributed by atoms with van der Waals surface area (Å²) in [5.74, 6) is 1.09. The molecule has 2 atom stereocenters. The molecule has 2 aliphatic heterocycles. The smallest absolute Gasteiger partial charge is 0.258 e. The van der Waals surface area contributed by atoms with E-state index in [1.165, 1.54) is 0 Å². The first-order chi connectivity index (χ1) is 12.6. The van der Waals surface area contributed by atoms with Crippen molar-refractivity contribution < 1.29 is 18.7 Å². The number of piperidine rings is 1. The van der Waals surface area contributed by atoms with E-state index in [0.717, 1.165) is 25.0 Å². The van der Waals surface area contributed by atoms with E-state index in [4.69, 9.17) is 9.15 Å². The van der Waals surface area contributed by atoms with Gasteiger partial charge in [-0.2, -0.15) is 0 Å². The first kappa shape index (κ1) is 15.7. The van der Waals surface area contributed by atoms with Crippen LogP contribution in [0.1, 0.15) is 63.2 Å². The quantitative estimate of drug-likeness (QED) is 0.772. The van der Waals surface area contributed by atoms with Crippen molar-refractivity contribution in [3.05, 3.63) is 34.5 Å². The summed E-state index contributed by atoms with van der Waals surface area (Å²) < 4.78 is 13.5. The SMILES string of the molecule is Cc1oc2c(c1C(=O)N1CC[C@H]3OCc4cnnn4[C@@H]3C1)C(=O)CCC2. The molecule has 4 heterocycles. The van der Waals surface area contributed by atoms with Crippen LogP contribution >= 0.6 is 0 Å². The number of carbonyl (C=O) groups excluding carboxylic acids is 2. The van der Waals surface area contributed by atoms with E-state index in [9.17, 15) is 9.59 Å². The van der Waals surface area contributed by atoms with E-state index in [2.05, 4.69) is 10.3 Å². The molecule has 2 aromatic heterocycles. The Kier molecular flexibility index (Phi) is 3.49. The summed E-state index contributed by atoms with van der Waals surface area (Å²) in [4.78, 5) is 27.4. The third-order valence-corrected chi connectivity index (χ3v) is 5.67. The molecule has 8 nitrogen and oxygen atoms in total. The summed E-state index contributed by atoms with van der Waals surface area (Å²) in [7, 11) is 0. The van der Waals surface area contributed by atoms with Crippen molar-refractivity contribution in [1.29, 1.82) is 0 Å². The second-order valence-corrected chi connectivity index (χ2v) is 7.23. The lowest BCUT2D eigenvalue weighted by Crippen LogP contribution is -2.50. The number of ketones is 1. The molecule has 0 saturated carbocycles. The lowest BCUT2D eigenvalue weighted by atomic mass is 9.92. The highest BCUT2D eigenvalue weighted by molar-refractivity contribution is 6.10. The van der Waals surface area contributed by atoms with Crippen molar-refractivity contribution in [3.63, 3.8) is 0 Å². The zero-order valence-corrected chi connectivity index (χ0v) is 14.6. The molecule has 1 amide bonds. The van der Waals surface area contributed by atoms with Crippen LogP contribution in [-0.2, 0) is 17.8 Å². The van der Waals surface area contributed by atoms with Gasteiger partial charge in [0.1, 0.15) is 11.5 Å². The molecule has 8 heteroatoms. The predicted molar refractivity (Wildman–Crippen MR) is 88.9 cm³/mol. The molecule has 136 valence electrons. The monoisotopic (exact) mass is 356 g/mol. The van der Waals surface area contributed by atoms with Gasteiger partial charge < -0.3 is 14.1 Å². The minimum absolute atomic E-state index is 0.0147. The molecule has 5 rings (SSSR count).